The summed E-state index contributed by atoms with van der Waals surface area (Å²) in [4.78, 5) is 29.6. The molecule has 1 unspecified atom stereocenters. The molecule has 182 valence electrons. The fourth-order valence-electron chi connectivity index (χ4n) is 4.60. The van der Waals surface area contributed by atoms with Gasteiger partial charge in [-0.2, -0.15) is 0 Å². The van der Waals surface area contributed by atoms with Crippen molar-refractivity contribution in [2.75, 3.05) is 32.4 Å². The molecule has 33 heavy (non-hydrogen) atoms. The Morgan fingerprint density at radius 3 is 2.55 bits per heavy atom. The van der Waals surface area contributed by atoms with Gasteiger partial charge in [-0.1, -0.05) is 30.3 Å². The normalized spacial score (nSPS) is 22.1. The fourth-order valence-corrected chi connectivity index (χ4v) is 5.31. The molecule has 2 aliphatic rings. The lowest BCUT2D eigenvalue weighted by atomic mass is 9.98. The number of piperidine rings is 1. The van der Waals surface area contributed by atoms with E-state index in [-0.39, 0.29) is 30.1 Å². The summed E-state index contributed by atoms with van der Waals surface area (Å²) in [6.07, 6.45) is 4.31. The smallest absolute Gasteiger partial charge is 0.242 e. The molecular formula is C22H34N6O4S. The van der Waals surface area contributed by atoms with Crippen molar-refractivity contribution in [3.05, 3.63) is 35.9 Å². The van der Waals surface area contributed by atoms with Crippen molar-refractivity contribution in [2.24, 2.45) is 11.7 Å². The maximum atomic E-state index is 13.3. The number of rotatable bonds is 8. The Balaban J connectivity index is 1.64. The van der Waals surface area contributed by atoms with Gasteiger partial charge in [-0.05, 0) is 43.6 Å². The van der Waals surface area contributed by atoms with Gasteiger partial charge >= 0.3 is 0 Å². The highest BCUT2D eigenvalue weighted by Crippen LogP contribution is 2.21. The molecule has 1 aromatic carbocycles. The van der Waals surface area contributed by atoms with Gasteiger partial charge in [0.05, 0.1) is 6.26 Å². The summed E-state index contributed by atoms with van der Waals surface area (Å²) in [5.41, 5.74) is 6.43. The first-order valence-electron chi connectivity index (χ1n) is 11.3. The first-order valence-corrected chi connectivity index (χ1v) is 13.2. The van der Waals surface area contributed by atoms with Crippen LogP contribution in [0.1, 0.15) is 31.2 Å². The fraction of sp³-hybridized carbons (Fsp3) is 0.591. The molecule has 0 aromatic heterocycles. The van der Waals surface area contributed by atoms with Crippen molar-refractivity contribution in [1.82, 2.24) is 19.8 Å². The lowest BCUT2D eigenvalue weighted by molar-refractivity contribution is -0.139. The Morgan fingerprint density at radius 2 is 1.88 bits per heavy atom. The van der Waals surface area contributed by atoms with Gasteiger partial charge in [-0.25, -0.2) is 13.1 Å². The molecule has 10 nitrogen and oxygen atoms in total. The monoisotopic (exact) mass is 478 g/mol. The first-order chi connectivity index (χ1) is 15.6. The van der Waals surface area contributed by atoms with E-state index >= 15 is 0 Å². The SMILES string of the molecule is CS(=O)(=O)N[C@H](Cc1ccccc1)C(=O)N1CCC[C@H]1C(=O)NCC1CCCN(C(=N)N)C1. The first kappa shape index (κ1) is 25.0. The standard InChI is InChI=1S/C22H34N6O4S/c1-33(31,32)26-18(13-16-7-3-2-4-8-16)21(30)28-12-6-10-19(28)20(29)25-14-17-9-5-11-27(15-17)22(23)24/h2-4,7-8,17-19,26H,5-6,9-15H2,1H3,(H3,23,24)(H,25,29)/t17?,18-,19+/m1/s1. The van der Waals surface area contributed by atoms with Crippen molar-refractivity contribution in [1.29, 1.82) is 5.41 Å². The van der Waals surface area contributed by atoms with Gasteiger partial charge in [0.1, 0.15) is 12.1 Å². The molecule has 1 aromatic rings. The lowest BCUT2D eigenvalue weighted by Crippen LogP contribution is -2.54. The Labute approximate surface area is 195 Å². The number of likely N-dealkylation sites (tertiary alicyclic amines) is 2. The molecule has 5 N–H and O–H groups in total. The van der Waals surface area contributed by atoms with Crippen molar-refractivity contribution >= 4 is 27.8 Å². The molecule has 2 fully saturated rings. The molecule has 2 saturated heterocycles. The van der Waals surface area contributed by atoms with E-state index in [1.807, 2.05) is 30.3 Å². The highest BCUT2D eigenvalue weighted by molar-refractivity contribution is 7.88. The predicted molar refractivity (Wildman–Crippen MR) is 126 cm³/mol. The quantitative estimate of drug-likeness (QED) is 0.302. The highest BCUT2D eigenvalue weighted by atomic mass is 32.2. The van der Waals surface area contributed by atoms with Gasteiger partial charge in [-0.15, -0.1) is 0 Å². The second-order valence-electron chi connectivity index (χ2n) is 8.91. The summed E-state index contributed by atoms with van der Waals surface area (Å²) >= 11 is 0. The third-order valence-electron chi connectivity index (χ3n) is 6.20. The van der Waals surface area contributed by atoms with Crippen LogP contribution in [0.5, 0.6) is 0 Å². The van der Waals surface area contributed by atoms with Crippen molar-refractivity contribution < 1.29 is 18.0 Å². The summed E-state index contributed by atoms with van der Waals surface area (Å²) in [6.45, 7) is 2.24. The van der Waals surface area contributed by atoms with Gasteiger partial charge < -0.3 is 20.9 Å². The van der Waals surface area contributed by atoms with E-state index < -0.39 is 22.1 Å². The molecule has 0 bridgehead atoms. The van der Waals surface area contributed by atoms with Crippen LogP contribution in [0.3, 0.4) is 0 Å². The molecular weight excluding hydrogens is 444 g/mol. The van der Waals surface area contributed by atoms with Crippen molar-refractivity contribution in [3.63, 3.8) is 0 Å². The topological polar surface area (TPSA) is 149 Å². The summed E-state index contributed by atoms with van der Waals surface area (Å²) in [5, 5.41) is 10.6. The van der Waals surface area contributed by atoms with E-state index in [1.54, 1.807) is 4.90 Å². The number of hydrogen-bond donors (Lipinski definition) is 4. The van der Waals surface area contributed by atoms with E-state index in [4.69, 9.17) is 11.1 Å². The second-order valence-corrected chi connectivity index (χ2v) is 10.7. The number of nitrogens with two attached hydrogens (primary N) is 1. The molecule has 0 aliphatic carbocycles. The third-order valence-corrected chi connectivity index (χ3v) is 6.91. The Bertz CT molecular complexity index is 955. The highest BCUT2D eigenvalue weighted by Gasteiger charge is 2.38. The Morgan fingerprint density at radius 1 is 1.18 bits per heavy atom. The average Bonchev–Trinajstić information content (AvgIpc) is 3.26. The second kappa shape index (κ2) is 11.0. The number of nitrogens with one attached hydrogen (secondary N) is 3. The van der Waals surface area contributed by atoms with E-state index in [9.17, 15) is 18.0 Å². The van der Waals surface area contributed by atoms with Crippen molar-refractivity contribution in [2.45, 2.75) is 44.2 Å². The van der Waals surface area contributed by atoms with Crippen LogP contribution >= 0.6 is 0 Å². The Hall–Kier alpha value is -2.66. The number of amides is 2. The maximum Gasteiger partial charge on any atom is 0.242 e. The molecule has 3 rings (SSSR count). The number of benzene rings is 1. The van der Waals surface area contributed by atoms with E-state index in [0.29, 0.717) is 32.5 Å². The van der Waals surface area contributed by atoms with Gasteiger partial charge in [0.25, 0.3) is 0 Å². The number of guanidine groups is 1. The van der Waals surface area contributed by atoms with Crippen LogP contribution in [0.25, 0.3) is 0 Å². The number of nitrogens with zero attached hydrogens (tertiary/aromatic N) is 2. The maximum absolute atomic E-state index is 13.3. The van der Waals surface area contributed by atoms with Crippen LogP contribution in [-0.4, -0.2) is 80.5 Å². The van der Waals surface area contributed by atoms with Gasteiger partial charge in [0.2, 0.25) is 21.8 Å². The third kappa shape index (κ3) is 7.16. The number of sulfonamides is 1. The van der Waals surface area contributed by atoms with E-state index in [1.165, 1.54) is 4.90 Å². The summed E-state index contributed by atoms with van der Waals surface area (Å²) in [5.74, 6) is -0.378. The molecule has 2 heterocycles. The minimum absolute atomic E-state index is 0.0430. The van der Waals surface area contributed by atoms with Crippen LogP contribution in [0.15, 0.2) is 30.3 Å². The summed E-state index contributed by atoms with van der Waals surface area (Å²) < 4.78 is 26.3. The van der Waals surface area contributed by atoms with Crippen LogP contribution in [0.2, 0.25) is 0 Å². The predicted octanol–water partition coefficient (Wildman–Crippen LogP) is -0.140. The van der Waals surface area contributed by atoms with E-state index in [2.05, 4.69) is 10.0 Å². The molecule has 0 saturated carbocycles. The van der Waals surface area contributed by atoms with Crippen molar-refractivity contribution in [3.8, 4) is 0 Å². The van der Waals surface area contributed by atoms with Crippen LogP contribution in [0, 0.1) is 11.3 Å². The molecule has 3 atom stereocenters. The zero-order valence-corrected chi connectivity index (χ0v) is 19.8. The van der Waals surface area contributed by atoms with Gasteiger partial charge in [-0.3, -0.25) is 15.0 Å². The molecule has 2 aliphatic heterocycles. The van der Waals surface area contributed by atoms with Crippen LogP contribution in [0.4, 0.5) is 0 Å². The van der Waals surface area contributed by atoms with Gasteiger partial charge in [0.15, 0.2) is 5.96 Å². The summed E-state index contributed by atoms with van der Waals surface area (Å²) in [7, 11) is -3.62. The number of carbonyl (C=O) groups is 2. The van der Waals surface area contributed by atoms with Crippen LogP contribution < -0.4 is 15.8 Å². The minimum Gasteiger partial charge on any atom is -0.370 e. The summed E-state index contributed by atoms with van der Waals surface area (Å²) in [6, 6.07) is 7.61. The minimum atomic E-state index is -3.62. The largest absolute Gasteiger partial charge is 0.370 e. The molecule has 0 spiro atoms. The lowest BCUT2D eigenvalue weighted by Gasteiger charge is -2.33. The van der Waals surface area contributed by atoms with E-state index in [0.717, 1.165) is 31.2 Å². The Kier molecular flexibility index (Phi) is 8.30. The average molecular weight is 479 g/mol. The number of hydrogen-bond acceptors (Lipinski definition) is 5. The zero-order chi connectivity index (χ0) is 24.0. The molecule has 0 radical (unpaired) electrons. The number of carbonyl (C=O) groups excluding carboxylic acids is 2. The van der Waals surface area contributed by atoms with Gasteiger partial charge in [0, 0.05) is 26.2 Å². The molecule has 11 heteroatoms. The zero-order valence-electron chi connectivity index (χ0n) is 19.0. The van der Waals surface area contributed by atoms with Crippen LogP contribution in [-0.2, 0) is 26.0 Å². The molecule has 2 amide bonds.